The van der Waals surface area contributed by atoms with Crippen molar-refractivity contribution in [2.75, 3.05) is 0 Å². The standard InChI is InChI=1S/C15H20N2O3S2/c1-10-13(15(2,3)4)21-14(17(10)5)16-22(19,20)12-9-7-6-8-11(12)18/h6-9,18H,1-5H3/b16-14+. The van der Waals surface area contributed by atoms with Crippen LogP contribution in [-0.2, 0) is 22.5 Å². The molecule has 0 radical (unpaired) electrons. The van der Waals surface area contributed by atoms with Gasteiger partial charge in [0.2, 0.25) is 4.80 Å². The molecule has 1 aromatic heterocycles. The lowest BCUT2D eigenvalue weighted by Crippen LogP contribution is -2.15. The van der Waals surface area contributed by atoms with E-state index in [1.807, 2.05) is 6.92 Å². The second-order valence-corrected chi connectivity index (χ2v) is 8.69. The number of phenols is 1. The van der Waals surface area contributed by atoms with Gasteiger partial charge in [-0.1, -0.05) is 32.9 Å². The molecule has 2 aromatic rings. The lowest BCUT2D eigenvalue weighted by Gasteiger charge is -2.17. The van der Waals surface area contributed by atoms with Crippen molar-refractivity contribution in [2.24, 2.45) is 11.4 Å². The van der Waals surface area contributed by atoms with Gasteiger partial charge in [-0.05, 0) is 24.5 Å². The van der Waals surface area contributed by atoms with Gasteiger partial charge in [0.05, 0.1) is 0 Å². The molecule has 0 spiro atoms. The molecule has 0 bridgehead atoms. The molecule has 0 aliphatic carbocycles. The van der Waals surface area contributed by atoms with E-state index in [0.717, 1.165) is 10.6 Å². The Kier molecular flexibility index (Phi) is 4.23. The second kappa shape index (κ2) is 5.55. The number of aromatic hydroxyl groups is 1. The molecule has 7 heteroatoms. The van der Waals surface area contributed by atoms with Crippen LogP contribution in [0.25, 0.3) is 0 Å². The first-order valence-corrected chi connectivity index (χ1v) is 9.05. The highest BCUT2D eigenvalue weighted by Gasteiger charge is 2.22. The number of hydrogen-bond donors (Lipinski definition) is 1. The molecule has 5 nitrogen and oxygen atoms in total. The molecule has 22 heavy (non-hydrogen) atoms. The molecule has 0 saturated heterocycles. The van der Waals surface area contributed by atoms with Crippen molar-refractivity contribution in [3.8, 4) is 5.75 Å². The van der Waals surface area contributed by atoms with Gasteiger partial charge in [0, 0.05) is 17.6 Å². The largest absolute Gasteiger partial charge is 0.507 e. The number of para-hydroxylation sites is 1. The molecule has 1 aromatic carbocycles. The molecule has 2 rings (SSSR count). The van der Waals surface area contributed by atoms with Gasteiger partial charge in [-0.25, -0.2) is 0 Å². The van der Waals surface area contributed by atoms with Gasteiger partial charge >= 0.3 is 0 Å². The molecule has 0 aliphatic heterocycles. The highest BCUT2D eigenvalue weighted by atomic mass is 32.2. The molecule has 0 unspecified atom stereocenters. The Morgan fingerprint density at radius 1 is 1.23 bits per heavy atom. The van der Waals surface area contributed by atoms with Gasteiger partial charge < -0.3 is 9.67 Å². The minimum Gasteiger partial charge on any atom is -0.507 e. The Morgan fingerprint density at radius 2 is 1.82 bits per heavy atom. The molecule has 0 aliphatic rings. The molecular weight excluding hydrogens is 320 g/mol. The minimum absolute atomic E-state index is 0.0844. The van der Waals surface area contributed by atoms with Crippen molar-refractivity contribution in [3.05, 3.63) is 39.6 Å². The predicted molar refractivity (Wildman–Crippen MR) is 87.6 cm³/mol. The molecule has 0 fully saturated rings. The Hall–Kier alpha value is -1.60. The third-order valence-electron chi connectivity index (χ3n) is 3.33. The van der Waals surface area contributed by atoms with Crippen LogP contribution in [0.4, 0.5) is 0 Å². The van der Waals surface area contributed by atoms with Crippen molar-refractivity contribution in [1.82, 2.24) is 4.57 Å². The Balaban J connectivity index is 2.67. The molecular formula is C15H20N2O3S2. The quantitative estimate of drug-likeness (QED) is 0.913. The molecule has 0 amide bonds. The van der Waals surface area contributed by atoms with Crippen molar-refractivity contribution < 1.29 is 13.5 Å². The summed E-state index contributed by atoms with van der Waals surface area (Å²) in [6, 6.07) is 5.81. The van der Waals surface area contributed by atoms with Crippen LogP contribution < -0.4 is 4.80 Å². The summed E-state index contributed by atoms with van der Waals surface area (Å²) in [6.07, 6.45) is 0. The maximum Gasteiger partial charge on any atom is 0.288 e. The van der Waals surface area contributed by atoms with Crippen LogP contribution in [0.15, 0.2) is 33.6 Å². The van der Waals surface area contributed by atoms with Crippen LogP contribution >= 0.6 is 11.3 Å². The fourth-order valence-electron chi connectivity index (χ4n) is 2.13. The molecule has 0 saturated carbocycles. The van der Waals surface area contributed by atoms with Gasteiger partial charge in [0.25, 0.3) is 10.0 Å². The lowest BCUT2D eigenvalue weighted by molar-refractivity contribution is 0.459. The predicted octanol–water partition coefficient (Wildman–Crippen LogP) is 2.69. The summed E-state index contributed by atoms with van der Waals surface area (Å²) in [6.45, 7) is 8.18. The zero-order valence-electron chi connectivity index (χ0n) is 13.3. The van der Waals surface area contributed by atoms with Gasteiger partial charge in [-0.15, -0.1) is 15.7 Å². The first kappa shape index (κ1) is 16.8. The van der Waals surface area contributed by atoms with Gasteiger partial charge in [-0.2, -0.15) is 8.42 Å². The lowest BCUT2D eigenvalue weighted by atomic mass is 9.93. The number of rotatable bonds is 2. The SMILES string of the molecule is Cc1c(C(C)(C)C)s/c(=N/S(=O)(=O)c2ccccc2O)n1C. The first-order chi connectivity index (χ1) is 10.0. The summed E-state index contributed by atoms with van der Waals surface area (Å²) < 4.78 is 30.5. The van der Waals surface area contributed by atoms with Crippen LogP contribution in [-0.4, -0.2) is 18.1 Å². The van der Waals surface area contributed by atoms with Crippen molar-refractivity contribution in [3.63, 3.8) is 0 Å². The number of thiazole rings is 1. The summed E-state index contributed by atoms with van der Waals surface area (Å²) in [5, 5.41) is 9.74. The molecule has 1 N–H and O–H groups in total. The fourth-order valence-corrected chi connectivity index (χ4v) is 4.63. The first-order valence-electron chi connectivity index (χ1n) is 6.80. The van der Waals surface area contributed by atoms with E-state index in [-0.39, 0.29) is 16.1 Å². The van der Waals surface area contributed by atoms with E-state index in [4.69, 9.17) is 0 Å². The van der Waals surface area contributed by atoms with Crippen LogP contribution in [0.1, 0.15) is 31.3 Å². The van der Waals surface area contributed by atoms with Gasteiger partial charge in [0.15, 0.2) is 0 Å². The van der Waals surface area contributed by atoms with Crippen molar-refractivity contribution >= 4 is 21.4 Å². The summed E-state index contributed by atoms with van der Waals surface area (Å²) in [4.78, 5) is 1.30. The van der Waals surface area contributed by atoms with Crippen LogP contribution in [0.5, 0.6) is 5.75 Å². The Morgan fingerprint density at radius 3 is 2.32 bits per heavy atom. The highest BCUT2D eigenvalue weighted by Crippen LogP contribution is 2.28. The molecule has 120 valence electrons. The van der Waals surface area contributed by atoms with Gasteiger partial charge in [-0.3, -0.25) is 0 Å². The maximum absolute atomic E-state index is 12.4. The average molecular weight is 340 g/mol. The smallest absolute Gasteiger partial charge is 0.288 e. The number of hydrogen-bond acceptors (Lipinski definition) is 4. The van der Waals surface area contributed by atoms with E-state index in [0.29, 0.717) is 4.80 Å². The van der Waals surface area contributed by atoms with E-state index in [1.165, 1.54) is 23.5 Å². The van der Waals surface area contributed by atoms with E-state index >= 15 is 0 Å². The van der Waals surface area contributed by atoms with Gasteiger partial charge in [0.1, 0.15) is 10.6 Å². The zero-order chi connectivity index (χ0) is 16.7. The maximum atomic E-state index is 12.4. The number of benzene rings is 1. The van der Waals surface area contributed by atoms with E-state index in [1.54, 1.807) is 23.7 Å². The normalized spacial score (nSPS) is 13.6. The minimum atomic E-state index is -3.95. The number of phenolic OH excluding ortho intramolecular Hbond substituents is 1. The average Bonchev–Trinajstić information content (AvgIpc) is 2.66. The second-order valence-electron chi connectivity index (χ2n) is 6.14. The highest BCUT2D eigenvalue weighted by molar-refractivity contribution is 7.90. The van der Waals surface area contributed by atoms with E-state index in [9.17, 15) is 13.5 Å². The fraction of sp³-hybridized carbons (Fsp3) is 0.400. The number of aromatic nitrogens is 1. The Bertz CT molecular complexity index is 869. The van der Waals surface area contributed by atoms with Crippen LogP contribution in [0, 0.1) is 6.92 Å². The third-order valence-corrected chi connectivity index (χ3v) is 6.42. The molecule has 1 heterocycles. The van der Waals surface area contributed by atoms with Crippen molar-refractivity contribution in [1.29, 1.82) is 0 Å². The zero-order valence-corrected chi connectivity index (χ0v) is 14.9. The van der Waals surface area contributed by atoms with Crippen LogP contribution in [0.3, 0.4) is 0 Å². The van der Waals surface area contributed by atoms with Crippen molar-refractivity contribution in [2.45, 2.75) is 38.0 Å². The summed E-state index contributed by atoms with van der Waals surface area (Å²) in [5.41, 5.74) is 0.905. The number of sulfonamides is 1. The summed E-state index contributed by atoms with van der Waals surface area (Å²) >= 11 is 1.36. The topological polar surface area (TPSA) is 71.7 Å². The third kappa shape index (κ3) is 3.10. The summed E-state index contributed by atoms with van der Waals surface area (Å²) in [7, 11) is -2.16. The number of nitrogens with zero attached hydrogens (tertiary/aromatic N) is 2. The summed E-state index contributed by atoms with van der Waals surface area (Å²) in [5.74, 6) is -0.293. The van der Waals surface area contributed by atoms with Crippen LogP contribution in [0.2, 0.25) is 0 Å². The van der Waals surface area contributed by atoms with E-state index in [2.05, 4.69) is 25.2 Å². The monoisotopic (exact) mass is 340 g/mol. The molecule has 0 atom stereocenters. The Labute approximate surface area is 134 Å². The van der Waals surface area contributed by atoms with E-state index < -0.39 is 10.0 Å².